The molecule has 4 nitrogen and oxygen atoms in total. The van der Waals surface area contributed by atoms with Crippen molar-refractivity contribution in [3.8, 4) is 6.08 Å². The van der Waals surface area contributed by atoms with Gasteiger partial charge in [-0.05, 0) is 38.2 Å². The third kappa shape index (κ3) is 2.93. The number of fused-ring (bicyclic) bond motifs is 1. The quantitative estimate of drug-likeness (QED) is 0.865. The molecule has 112 valence electrons. The van der Waals surface area contributed by atoms with Gasteiger partial charge in [-0.3, -0.25) is 0 Å². The van der Waals surface area contributed by atoms with E-state index in [1.807, 2.05) is 24.8 Å². The minimum atomic E-state index is -0.393. The van der Waals surface area contributed by atoms with Gasteiger partial charge in [-0.15, -0.1) is 0 Å². The number of hydrogen-bond donors (Lipinski definition) is 0. The first-order chi connectivity index (χ1) is 10.2. The van der Waals surface area contributed by atoms with Crippen LogP contribution in [0, 0.1) is 5.92 Å². The molecule has 3 atom stereocenters. The number of aromatic nitrogens is 1. The van der Waals surface area contributed by atoms with E-state index in [-0.39, 0.29) is 12.2 Å². The fourth-order valence-electron chi connectivity index (χ4n) is 3.08. The van der Waals surface area contributed by atoms with E-state index in [9.17, 15) is 4.79 Å². The Hall–Kier alpha value is -1.49. The SMILES string of the molecule is CSC1CCCC1C(C)Oc1nc2ccccc2c(=O)o1. The topological polar surface area (TPSA) is 52.3 Å². The van der Waals surface area contributed by atoms with Crippen molar-refractivity contribution in [3.05, 3.63) is 34.7 Å². The summed E-state index contributed by atoms with van der Waals surface area (Å²) in [6.07, 6.45) is 5.85. The van der Waals surface area contributed by atoms with E-state index < -0.39 is 5.63 Å². The summed E-state index contributed by atoms with van der Waals surface area (Å²) in [6, 6.07) is 7.15. The summed E-state index contributed by atoms with van der Waals surface area (Å²) in [5.74, 6) is 0.485. The smallest absolute Gasteiger partial charge is 0.397 e. The molecule has 1 saturated carbocycles. The van der Waals surface area contributed by atoms with Crippen molar-refractivity contribution in [2.75, 3.05) is 6.26 Å². The van der Waals surface area contributed by atoms with E-state index in [2.05, 4.69) is 11.2 Å². The van der Waals surface area contributed by atoms with Crippen molar-refractivity contribution in [3.63, 3.8) is 0 Å². The molecule has 5 heteroatoms. The molecular formula is C16H19NO3S. The first-order valence-electron chi connectivity index (χ1n) is 7.28. The largest absolute Gasteiger partial charge is 0.447 e. The molecule has 0 aliphatic heterocycles. The van der Waals surface area contributed by atoms with Crippen LogP contribution in [-0.4, -0.2) is 22.6 Å². The summed E-state index contributed by atoms with van der Waals surface area (Å²) < 4.78 is 11.0. The molecule has 1 aromatic carbocycles. The summed E-state index contributed by atoms with van der Waals surface area (Å²) in [5, 5.41) is 1.10. The van der Waals surface area contributed by atoms with Gasteiger partial charge in [0.15, 0.2) is 0 Å². The van der Waals surface area contributed by atoms with Crippen LogP contribution in [0.2, 0.25) is 0 Å². The standard InChI is InChI=1S/C16H19NO3S/c1-10(11-7-5-9-14(11)21-2)19-16-17-13-8-4-3-6-12(13)15(18)20-16/h3-4,6,8,10-11,14H,5,7,9H2,1-2H3. The summed E-state index contributed by atoms with van der Waals surface area (Å²) in [7, 11) is 0. The zero-order chi connectivity index (χ0) is 14.8. The van der Waals surface area contributed by atoms with Crippen LogP contribution in [-0.2, 0) is 0 Å². The van der Waals surface area contributed by atoms with Crippen molar-refractivity contribution in [2.24, 2.45) is 5.92 Å². The predicted octanol–water partition coefficient (Wildman–Crippen LogP) is 3.49. The molecule has 1 aliphatic rings. The zero-order valence-corrected chi connectivity index (χ0v) is 13.1. The van der Waals surface area contributed by atoms with Crippen molar-refractivity contribution in [1.82, 2.24) is 4.98 Å². The highest BCUT2D eigenvalue weighted by Gasteiger charge is 2.32. The lowest BCUT2D eigenvalue weighted by molar-refractivity contribution is 0.108. The van der Waals surface area contributed by atoms with Gasteiger partial charge in [-0.1, -0.05) is 18.6 Å². The Bertz CT molecular complexity index is 685. The fourth-order valence-corrected chi connectivity index (χ4v) is 4.19. The molecule has 0 saturated heterocycles. The van der Waals surface area contributed by atoms with Gasteiger partial charge in [-0.25, -0.2) is 4.79 Å². The molecule has 0 spiro atoms. The third-order valence-corrected chi connectivity index (χ3v) is 5.40. The summed E-state index contributed by atoms with van der Waals surface area (Å²) in [6.45, 7) is 2.04. The monoisotopic (exact) mass is 305 g/mol. The van der Waals surface area contributed by atoms with Gasteiger partial charge in [0.2, 0.25) is 0 Å². The second-order valence-corrected chi connectivity index (χ2v) is 6.55. The molecular weight excluding hydrogens is 286 g/mol. The summed E-state index contributed by atoms with van der Waals surface area (Å²) in [5.41, 5.74) is 0.222. The lowest BCUT2D eigenvalue weighted by Crippen LogP contribution is -2.28. The zero-order valence-electron chi connectivity index (χ0n) is 12.2. The first-order valence-corrected chi connectivity index (χ1v) is 8.57. The van der Waals surface area contributed by atoms with Gasteiger partial charge >= 0.3 is 11.7 Å². The van der Waals surface area contributed by atoms with E-state index in [1.165, 1.54) is 12.8 Å². The lowest BCUT2D eigenvalue weighted by Gasteiger charge is -2.24. The molecule has 1 heterocycles. The minimum Gasteiger partial charge on any atom is -0.447 e. The molecule has 2 aromatic rings. The predicted molar refractivity (Wildman–Crippen MR) is 85.0 cm³/mol. The number of nitrogens with zero attached hydrogens (tertiary/aromatic N) is 1. The van der Waals surface area contributed by atoms with E-state index in [4.69, 9.17) is 9.15 Å². The molecule has 1 aromatic heterocycles. The van der Waals surface area contributed by atoms with Gasteiger partial charge in [0.05, 0.1) is 10.9 Å². The van der Waals surface area contributed by atoms with Crippen molar-refractivity contribution in [1.29, 1.82) is 0 Å². The Balaban J connectivity index is 1.83. The van der Waals surface area contributed by atoms with Crippen LogP contribution in [0.15, 0.2) is 33.5 Å². The third-order valence-electron chi connectivity index (χ3n) is 4.21. The number of ether oxygens (including phenoxy) is 1. The fraction of sp³-hybridized carbons (Fsp3) is 0.500. The molecule has 0 amide bonds. The molecule has 1 fully saturated rings. The highest BCUT2D eigenvalue weighted by Crippen LogP contribution is 2.37. The molecule has 3 rings (SSSR count). The Morgan fingerprint density at radius 3 is 3.00 bits per heavy atom. The van der Waals surface area contributed by atoms with Crippen LogP contribution in [0.5, 0.6) is 6.08 Å². The highest BCUT2D eigenvalue weighted by atomic mass is 32.2. The van der Waals surface area contributed by atoms with Crippen LogP contribution in [0.1, 0.15) is 26.2 Å². The van der Waals surface area contributed by atoms with Gasteiger partial charge < -0.3 is 9.15 Å². The van der Waals surface area contributed by atoms with Gasteiger partial charge in [0.1, 0.15) is 6.10 Å². The van der Waals surface area contributed by atoms with Crippen LogP contribution < -0.4 is 10.4 Å². The van der Waals surface area contributed by atoms with E-state index in [0.29, 0.717) is 22.1 Å². The summed E-state index contributed by atoms with van der Waals surface area (Å²) >= 11 is 1.89. The van der Waals surface area contributed by atoms with Crippen LogP contribution in [0.25, 0.3) is 10.9 Å². The van der Waals surface area contributed by atoms with Gasteiger partial charge in [0.25, 0.3) is 0 Å². The van der Waals surface area contributed by atoms with Gasteiger partial charge in [0, 0.05) is 11.2 Å². The molecule has 1 aliphatic carbocycles. The maximum Gasteiger partial charge on any atom is 0.397 e. The second kappa shape index (κ2) is 6.10. The number of thioether (sulfide) groups is 1. The number of hydrogen-bond acceptors (Lipinski definition) is 5. The number of rotatable bonds is 4. The first kappa shape index (κ1) is 14.4. The van der Waals surface area contributed by atoms with Crippen LogP contribution >= 0.6 is 11.8 Å². The van der Waals surface area contributed by atoms with E-state index in [1.54, 1.807) is 18.2 Å². The molecule has 0 radical (unpaired) electrons. The number of para-hydroxylation sites is 1. The van der Waals surface area contributed by atoms with Crippen LogP contribution in [0.3, 0.4) is 0 Å². The Labute approximate surface area is 127 Å². The Morgan fingerprint density at radius 2 is 2.19 bits per heavy atom. The van der Waals surface area contributed by atoms with Crippen molar-refractivity contribution >= 4 is 22.7 Å². The Kier molecular flexibility index (Phi) is 4.19. The minimum absolute atomic E-state index is 0.00163. The van der Waals surface area contributed by atoms with Gasteiger partial charge in [-0.2, -0.15) is 16.7 Å². The summed E-state index contributed by atoms with van der Waals surface area (Å²) in [4.78, 5) is 16.2. The van der Waals surface area contributed by atoms with Crippen molar-refractivity contribution in [2.45, 2.75) is 37.5 Å². The maximum atomic E-state index is 11.9. The van der Waals surface area contributed by atoms with Crippen molar-refractivity contribution < 1.29 is 9.15 Å². The van der Waals surface area contributed by atoms with E-state index >= 15 is 0 Å². The lowest BCUT2D eigenvalue weighted by atomic mass is 10.0. The average molecular weight is 305 g/mol. The number of benzene rings is 1. The normalized spacial score (nSPS) is 23.3. The van der Waals surface area contributed by atoms with E-state index in [0.717, 1.165) is 6.42 Å². The highest BCUT2D eigenvalue weighted by molar-refractivity contribution is 7.99. The molecule has 3 unspecified atom stereocenters. The molecule has 0 bridgehead atoms. The molecule has 0 N–H and O–H groups in total. The average Bonchev–Trinajstić information content (AvgIpc) is 2.96. The molecule has 21 heavy (non-hydrogen) atoms. The Morgan fingerprint density at radius 1 is 1.38 bits per heavy atom. The second-order valence-electron chi connectivity index (χ2n) is 5.48. The maximum absolute atomic E-state index is 11.9. The van der Waals surface area contributed by atoms with Crippen LogP contribution in [0.4, 0.5) is 0 Å².